The average Bonchev–Trinajstić information content (AvgIpc) is 2.29. The summed E-state index contributed by atoms with van der Waals surface area (Å²) in [6, 6.07) is 8.65. The topological polar surface area (TPSA) is 72.4 Å². The zero-order valence-electron chi connectivity index (χ0n) is 11.1. The van der Waals surface area contributed by atoms with Crippen LogP contribution in [0.2, 0.25) is 0 Å². The molecule has 2 N–H and O–H groups in total. The van der Waals surface area contributed by atoms with E-state index in [-0.39, 0.29) is 18.9 Å². The Morgan fingerprint density at radius 2 is 1.89 bits per heavy atom. The molecule has 1 aromatic rings. The fourth-order valence-electron chi connectivity index (χ4n) is 1.59. The molecule has 0 aliphatic heterocycles. The number of carboxylic acid groups (broad SMARTS) is 1. The molecule has 0 saturated carbocycles. The number of benzene rings is 1. The van der Waals surface area contributed by atoms with E-state index in [2.05, 4.69) is 5.32 Å². The van der Waals surface area contributed by atoms with Gasteiger partial charge in [0.05, 0.1) is 18.1 Å². The number of rotatable bonds is 6. The first-order chi connectivity index (χ1) is 8.02. The van der Waals surface area contributed by atoms with Gasteiger partial charge in [-0.25, -0.2) is 0 Å². The minimum Gasteiger partial charge on any atom is -0.548 e. The molecule has 0 aliphatic carbocycles. The Kier molecular flexibility index (Phi) is 7.97. The van der Waals surface area contributed by atoms with Crippen molar-refractivity contribution >= 4 is 5.97 Å². The first-order valence-corrected chi connectivity index (χ1v) is 5.68. The Morgan fingerprint density at radius 1 is 1.33 bits per heavy atom. The van der Waals surface area contributed by atoms with Gasteiger partial charge in [0.15, 0.2) is 0 Å². The van der Waals surface area contributed by atoms with Gasteiger partial charge in [0.25, 0.3) is 0 Å². The van der Waals surface area contributed by atoms with Gasteiger partial charge in [-0.15, -0.1) is 0 Å². The van der Waals surface area contributed by atoms with Crippen LogP contribution in [-0.2, 0) is 11.3 Å². The van der Waals surface area contributed by atoms with E-state index >= 15 is 0 Å². The van der Waals surface area contributed by atoms with Crippen LogP contribution < -0.4 is 29.3 Å². The maximum absolute atomic E-state index is 11.0. The normalized spacial score (nSPS) is 15.3. The molecule has 0 saturated heterocycles. The monoisotopic (exact) mass is 243 g/mol. The maximum Gasteiger partial charge on any atom is 1.00 e. The number of aliphatic carboxylic acids is 1. The van der Waals surface area contributed by atoms with Gasteiger partial charge in [0, 0.05) is 12.5 Å². The van der Waals surface area contributed by atoms with Gasteiger partial charge >= 0.3 is 18.9 Å². The van der Waals surface area contributed by atoms with Gasteiger partial charge in [-0.3, -0.25) is 0 Å². The van der Waals surface area contributed by atoms with E-state index < -0.39 is 24.0 Å². The summed E-state index contributed by atoms with van der Waals surface area (Å²) in [5, 5.41) is 23.3. The van der Waals surface area contributed by atoms with Crippen LogP contribution in [0.25, 0.3) is 0 Å². The predicted molar refractivity (Wildman–Crippen MR) is 62.9 cm³/mol. The van der Waals surface area contributed by atoms with Crippen molar-refractivity contribution in [1.82, 2.24) is 5.32 Å². The molecule has 0 aliphatic rings. The second-order valence-electron chi connectivity index (χ2n) is 4.26. The molecular weight excluding hydrogens is 225 g/mol. The fraction of sp³-hybridized carbons (Fsp3) is 0.462. The molecule has 0 spiro atoms. The Bertz CT molecular complexity index is 357. The summed E-state index contributed by atoms with van der Waals surface area (Å²) in [7, 11) is 0. The summed E-state index contributed by atoms with van der Waals surface area (Å²) >= 11 is 0. The van der Waals surface area contributed by atoms with Crippen molar-refractivity contribution in [3.63, 3.8) is 0 Å². The summed E-state index contributed by atoms with van der Waals surface area (Å²) in [4.78, 5) is 11.0. The Labute approximate surface area is 120 Å². The number of hydrogen-bond acceptors (Lipinski definition) is 4. The third-order valence-corrected chi connectivity index (χ3v) is 2.91. The summed E-state index contributed by atoms with van der Waals surface area (Å²) < 4.78 is 0. The van der Waals surface area contributed by atoms with Crippen molar-refractivity contribution in [2.24, 2.45) is 5.92 Å². The molecule has 0 fully saturated rings. The molecule has 4 nitrogen and oxygen atoms in total. The van der Waals surface area contributed by atoms with Gasteiger partial charge in [-0.1, -0.05) is 37.3 Å². The summed E-state index contributed by atoms with van der Waals surface area (Å²) in [6.45, 7) is 3.70. The number of carbonyl (C=O) groups is 1. The largest absolute Gasteiger partial charge is 1.00 e. The van der Waals surface area contributed by atoms with Gasteiger partial charge in [-0.05, 0) is 12.5 Å². The quantitative estimate of drug-likeness (QED) is 0.520. The van der Waals surface area contributed by atoms with Crippen LogP contribution in [0.15, 0.2) is 30.3 Å². The number of nitrogens with one attached hydrogen (secondary N) is 1. The smallest absolute Gasteiger partial charge is 0.548 e. The molecule has 3 atom stereocenters. The number of carboxylic acids is 1. The molecule has 1 unspecified atom stereocenters. The molecule has 18 heavy (non-hydrogen) atoms. The molecule has 0 heterocycles. The molecule has 5 heteroatoms. The Morgan fingerprint density at radius 3 is 2.33 bits per heavy atom. The minimum atomic E-state index is -1.19. The molecule has 1 aromatic carbocycles. The molecule has 0 aromatic heterocycles. The van der Waals surface area contributed by atoms with E-state index in [1.165, 1.54) is 0 Å². The standard InChI is InChI=1S/C13H19NO3.Li/c1-9(10(2)15)12(13(16)17)14-8-11-6-4-3-5-7-11;/h3-7,9-10,12,14-15H,8H2,1-2H3,(H,16,17);/q;+1/p-1/t9-,10-,12?;/m0./s1. The SMILES string of the molecule is C[C@H](O)[C@H](C)C(NCc1ccccc1)C(=O)[O-].[Li+]. The molecular formula is C13H18LiNO3. The van der Waals surface area contributed by atoms with E-state index in [4.69, 9.17) is 0 Å². The third-order valence-electron chi connectivity index (χ3n) is 2.91. The molecule has 1 rings (SSSR count). The molecule has 0 amide bonds. The molecule has 0 radical (unpaired) electrons. The number of aliphatic hydroxyl groups excluding tert-OH is 1. The summed E-state index contributed by atoms with van der Waals surface area (Å²) in [5.41, 5.74) is 0.997. The fourth-order valence-corrected chi connectivity index (χ4v) is 1.59. The van der Waals surface area contributed by atoms with Crippen LogP contribution in [0.4, 0.5) is 0 Å². The van der Waals surface area contributed by atoms with Crippen molar-refractivity contribution in [2.45, 2.75) is 32.5 Å². The van der Waals surface area contributed by atoms with Crippen molar-refractivity contribution in [2.75, 3.05) is 0 Å². The van der Waals surface area contributed by atoms with Crippen LogP contribution >= 0.6 is 0 Å². The zero-order valence-corrected chi connectivity index (χ0v) is 11.1. The number of carbonyl (C=O) groups excluding carboxylic acids is 1. The van der Waals surface area contributed by atoms with E-state index in [9.17, 15) is 15.0 Å². The van der Waals surface area contributed by atoms with Crippen LogP contribution in [0.3, 0.4) is 0 Å². The van der Waals surface area contributed by atoms with Crippen LogP contribution in [-0.4, -0.2) is 23.2 Å². The summed E-state index contributed by atoms with van der Waals surface area (Å²) in [6.07, 6.45) is -0.693. The van der Waals surface area contributed by atoms with E-state index in [1.54, 1.807) is 13.8 Å². The van der Waals surface area contributed by atoms with E-state index in [1.807, 2.05) is 30.3 Å². The van der Waals surface area contributed by atoms with Crippen molar-refractivity contribution in [3.8, 4) is 0 Å². The van der Waals surface area contributed by atoms with Crippen molar-refractivity contribution in [1.29, 1.82) is 0 Å². The van der Waals surface area contributed by atoms with Crippen LogP contribution in [0.5, 0.6) is 0 Å². The van der Waals surface area contributed by atoms with Crippen LogP contribution in [0.1, 0.15) is 19.4 Å². The average molecular weight is 243 g/mol. The van der Waals surface area contributed by atoms with Gasteiger partial charge in [0.2, 0.25) is 0 Å². The van der Waals surface area contributed by atoms with Crippen LogP contribution in [0, 0.1) is 5.92 Å². The third kappa shape index (κ3) is 5.24. The number of hydrogen-bond donors (Lipinski definition) is 2. The first-order valence-electron chi connectivity index (χ1n) is 5.68. The number of aliphatic hydroxyl groups is 1. The predicted octanol–water partition coefficient (Wildman–Crippen LogP) is -3.08. The minimum absolute atomic E-state index is 0. The van der Waals surface area contributed by atoms with Gasteiger partial charge in [-0.2, -0.15) is 0 Å². The van der Waals surface area contributed by atoms with Gasteiger partial charge < -0.3 is 20.3 Å². The maximum atomic E-state index is 11.0. The van der Waals surface area contributed by atoms with Crippen molar-refractivity contribution in [3.05, 3.63) is 35.9 Å². The molecule has 94 valence electrons. The van der Waals surface area contributed by atoms with Gasteiger partial charge in [0.1, 0.15) is 0 Å². The Hall–Kier alpha value is -0.793. The van der Waals surface area contributed by atoms with E-state index in [0.29, 0.717) is 6.54 Å². The molecule has 0 bridgehead atoms. The van der Waals surface area contributed by atoms with E-state index in [0.717, 1.165) is 5.56 Å². The van der Waals surface area contributed by atoms with Crippen molar-refractivity contribution < 1.29 is 33.9 Å². The second-order valence-corrected chi connectivity index (χ2v) is 4.26. The second kappa shape index (κ2) is 8.33. The Balaban J connectivity index is 0.00000289. The summed E-state index contributed by atoms with van der Waals surface area (Å²) in [5.74, 6) is -1.59. The zero-order chi connectivity index (χ0) is 12.8. The first kappa shape index (κ1) is 17.2.